The molecule has 0 aromatic carbocycles. The van der Waals surface area contributed by atoms with Gasteiger partial charge in [-0.1, -0.05) is 6.92 Å². The summed E-state index contributed by atoms with van der Waals surface area (Å²) in [5.41, 5.74) is 0.607. The summed E-state index contributed by atoms with van der Waals surface area (Å²) in [6, 6.07) is 0. The number of β-amino-alcohol motifs (C(OH)–C–C–N with tert-alkyl or cyclic N) is 1. The molecule has 4 heteroatoms. The minimum absolute atomic E-state index is 0.329. The summed E-state index contributed by atoms with van der Waals surface area (Å²) in [6.45, 7) is 9.94. The zero-order valence-electron chi connectivity index (χ0n) is 16.2. The molecule has 4 bridgehead atoms. The van der Waals surface area contributed by atoms with Crippen LogP contribution in [0.5, 0.6) is 0 Å². The molecule has 4 aliphatic carbocycles. The molecule has 0 aromatic rings. The summed E-state index contributed by atoms with van der Waals surface area (Å²) in [7, 11) is 0. The van der Waals surface area contributed by atoms with Crippen molar-refractivity contribution in [2.75, 3.05) is 52.5 Å². The van der Waals surface area contributed by atoms with E-state index in [-0.39, 0.29) is 6.10 Å². The van der Waals surface area contributed by atoms with Crippen LogP contribution >= 0.6 is 0 Å². The number of hydrogen-bond donors (Lipinski definition) is 1. The molecule has 5 rings (SSSR count). The summed E-state index contributed by atoms with van der Waals surface area (Å²) in [6.07, 6.45) is 9.85. The lowest BCUT2D eigenvalue weighted by Crippen LogP contribution is -2.49. The van der Waals surface area contributed by atoms with Crippen LogP contribution in [0, 0.1) is 23.2 Å². The smallest absolute Gasteiger partial charge is 0.0900 e. The highest BCUT2D eigenvalue weighted by Gasteiger charge is 2.50. The molecule has 1 N–H and O–H groups in total. The third kappa shape index (κ3) is 4.40. The molecule has 1 atom stereocenters. The van der Waals surface area contributed by atoms with E-state index < -0.39 is 0 Å². The van der Waals surface area contributed by atoms with Crippen molar-refractivity contribution in [2.45, 2.75) is 58.0 Å². The van der Waals surface area contributed by atoms with E-state index in [4.69, 9.17) is 4.74 Å². The van der Waals surface area contributed by atoms with Crippen molar-refractivity contribution in [3.8, 4) is 0 Å². The Kier molecular flexibility index (Phi) is 5.71. The van der Waals surface area contributed by atoms with Crippen LogP contribution in [0.15, 0.2) is 0 Å². The Morgan fingerprint density at radius 1 is 0.960 bits per heavy atom. The molecule has 1 saturated heterocycles. The third-order valence-corrected chi connectivity index (χ3v) is 7.63. The third-order valence-electron chi connectivity index (χ3n) is 7.63. The lowest BCUT2D eigenvalue weighted by atomic mass is 9.49. The molecule has 144 valence electrons. The van der Waals surface area contributed by atoms with Gasteiger partial charge in [-0.05, 0) is 74.7 Å². The van der Waals surface area contributed by atoms with E-state index in [1.807, 2.05) is 0 Å². The maximum Gasteiger partial charge on any atom is 0.0900 e. The van der Waals surface area contributed by atoms with E-state index in [1.165, 1.54) is 44.9 Å². The van der Waals surface area contributed by atoms with Gasteiger partial charge in [-0.3, -0.25) is 4.90 Å². The molecule has 1 aliphatic heterocycles. The lowest BCUT2D eigenvalue weighted by Gasteiger charge is -2.57. The fourth-order valence-corrected chi connectivity index (χ4v) is 6.74. The van der Waals surface area contributed by atoms with Gasteiger partial charge in [-0.2, -0.15) is 0 Å². The summed E-state index contributed by atoms with van der Waals surface area (Å²) in [5.74, 6) is 3.08. The monoisotopic (exact) mass is 350 g/mol. The summed E-state index contributed by atoms with van der Waals surface area (Å²) in [4.78, 5) is 4.87. The molecule has 4 saturated carbocycles. The zero-order valence-corrected chi connectivity index (χ0v) is 16.2. The van der Waals surface area contributed by atoms with Crippen molar-refractivity contribution < 1.29 is 9.84 Å². The molecule has 4 nitrogen and oxygen atoms in total. The first-order valence-electron chi connectivity index (χ1n) is 10.8. The Morgan fingerprint density at radius 2 is 1.52 bits per heavy atom. The van der Waals surface area contributed by atoms with Crippen molar-refractivity contribution in [3.05, 3.63) is 0 Å². The average molecular weight is 351 g/mol. The highest BCUT2D eigenvalue weighted by Crippen LogP contribution is 2.61. The number of piperazine rings is 1. The van der Waals surface area contributed by atoms with Crippen molar-refractivity contribution in [1.29, 1.82) is 0 Å². The van der Waals surface area contributed by atoms with E-state index >= 15 is 0 Å². The Morgan fingerprint density at radius 3 is 2.08 bits per heavy atom. The second kappa shape index (κ2) is 7.84. The number of nitrogens with zero attached hydrogens (tertiary/aromatic N) is 2. The standard InChI is InChI=1S/C21H38N2O2/c1-2-22-4-6-23(7-5-22)15-20(24)16-25-8-3-21-12-17-9-18(13-21)11-19(10-17)14-21/h17-20,24H,2-16H2,1H3/t17?,18?,19?,20-,21?/m1/s1. The number of hydrogen-bond acceptors (Lipinski definition) is 4. The number of aliphatic hydroxyl groups is 1. The first-order valence-corrected chi connectivity index (χ1v) is 10.8. The predicted molar refractivity (Wildman–Crippen MR) is 101 cm³/mol. The number of rotatable bonds is 8. The van der Waals surface area contributed by atoms with Gasteiger partial charge in [0.25, 0.3) is 0 Å². The normalized spacial score (nSPS) is 39.8. The topological polar surface area (TPSA) is 35.9 Å². The maximum absolute atomic E-state index is 10.3. The van der Waals surface area contributed by atoms with Crippen LogP contribution in [-0.4, -0.2) is 73.5 Å². The Labute approximate surface area is 153 Å². The van der Waals surface area contributed by atoms with E-state index in [2.05, 4.69) is 16.7 Å². The predicted octanol–water partition coefficient (Wildman–Crippen LogP) is 2.61. The Bertz CT molecular complexity index is 398. The van der Waals surface area contributed by atoms with Gasteiger partial charge < -0.3 is 14.7 Å². The Balaban J connectivity index is 1.13. The van der Waals surface area contributed by atoms with Gasteiger partial charge >= 0.3 is 0 Å². The molecular weight excluding hydrogens is 312 g/mol. The zero-order chi connectivity index (χ0) is 17.3. The van der Waals surface area contributed by atoms with Crippen molar-refractivity contribution in [2.24, 2.45) is 23.2 Å². The highest BCUT2D eigenvalue weighted by atomic mass is 16.5. The van der Waals surface area contributed by atoms with Gasteiger partial charge in [-0.25, -0.2) is 0 Å². The molecule has 0 spiro atoms. The van der Waals surface area contributed by atoms with Gasteiger partial charge in [0.15, 0.2) is 0 Å². The Hall–Kier alpha value is -0.160. The second-order valence-corrected chi connectivity index (χ2v) is 9.63. The van der Waals surface area contributed by atoms with Crippen molar-refractivity contribution in [3.63, 3.8) is 0 Å². The summed E-state index contributed by atoms with van der Waals surface area (Å²) in [5, 5.41) is 10.3. The van der Waals surface area contributed by atoms with Crippen LogP contribution in [0.3, 0.4) is 0 Å². The fourth-order valence-electron chi connectivity index (χ4n) is 6.74. The largest absolute Gasteiger partial charge is 0.389 e. The minimum atomic E-state index is -0.329. The van der Waals surface area contributed by atoms with Crippen LogP contribution in [0.4, 0.5) is 0 Å². The van der Waals surface area contributed by atoms with Crippen LogP contribution in [0.25, 0.3) is 0 Å². The minimum Gasteiger partial charge on any atom is -0.389 e. The van der Waals surface area contributed by atoms with Gasteiger partial charge in [0.05, 0.1) is 12.7 Å². The van der Waals surface area contributed by atoms with Gasteiger partial charge in [-0.15, -0.1) is 0 Å². The second-order valence-electron chi connectivity index (χ2n) is 9.63. The highest BCUT2D eigenvalue weighted by molar-refractivity contribution is 5.01. The van der Waals surface area contributed by atoms with Gasteiger partial charge in [0.1, 0.15) is 0 Å². The van der Waals surface area contributed by atoms with Crippen LogP contribution in [-0.2, 0) is 4.74 Å². The van der Waals surface area contributed by atoms with Gasteiger partial charge in [0, 0.05) is 39.3 Å². The van der Waals surface area contributed by atoms with E-state index in [1.54, 1.807) is 0 Å². The number of likely N-dealkylation sites (N-methyl/N-ethyl adjacent to an activating group) is 1. The molecule has 0 aromatic heterocycles. The fraction of sp³-hybridized carbons (Fsp3) is 1.00. The van der Waals surface area contributed by atoms with E-state index in [0.717, 1.165) is 63.6 Å². The maximum atomic E-state index is 10.3. The number of aliphatic hydroxyl groups excluding tert-OH is 1. The first kappa shape index (κ1) is 18.2. The summed E-state index contributed by atoms with van der Waals surface area (Å²) >= 11 is 0. The average Bonchev–Trinajstić information content (AvgIpc) is 2.58. The molecule has 0 radical (unpaired) electrons. The van der Waals surface area contributed by atoms with E-state index in [9.17, 15) is 5.11 Å². The van der Waals surface area contributed by atoms with E-state index in [0.29, 0.717) is 12.0 Å². The molecule has 5 fully saturated rings. The first-order chi connectivity index (χ1) is 12.1. The molecule has 1 heterocycles. The quantitative estimate of drug-likeness (QED) is 0.683. The van der Waals surface area contributed by atoms with Crippen molar-refractivity contribution in [1.82, 2.24) is 9.80 Å². The molecular formula is C21H38N2O2. The van der Waals surface area contributed by atoms with Crippen LogP contribution in [0.1, 0.15) is 51.9 Å². The van der Waals surface area contributed by atoms with Crippen molar-refractivity contribution >= 4 is 0 Å². The molecule has 5 aliphatic rings. The molecule has 0 unspecified atom stereocenters. The molecule has 0 amide bonds. The van der Waals surface area contributed by atoms with Crippen LogP contribution in [0.2, 0.25) is 0 Å². The molecule has 25 heavy (non-hydrogen) atoms. The SMILES string of the molecule is CCN1CCN(C[C@@H](O)COCCC23CC4CC(CC(C4)C2)C3)CC1. The number of ether oxygens (including phenoxy) is 1. The van der Waals surface area contributed by atoms with Gasteiger partial charge in [0.2, 0.25) is 0 Å². The summed E-state index contributed by atoms with van der Waals surface area (Å²) < 4.78 is 5.93. The lowest BCUT2D eigenvalue weighted by molar-refractivity contribution is -0.0744. The van der Waals surface area contributed by atoms with Crippen LogP contribution < -0.4 is 0 Å².